The average Bonchev–Trinajstić information content (AvgIpc) is 2.53. The van der Waals surface area contributed by atoms with Gasteiger partial charge in [-0.2, -0.15) is 0 Å². The molecular formula is C18H17ClO. The first-order valence-electron chi connectivity index (χ1n) is 6.62. The van der Waals surface area contributed by atoms with Crippen LogP contribution in [-0.4, -0.2) is 11.2 Å². The van der Waals surface area contributed by atoms with Crippen molar-refractivity contribution in [2.45, 2.75) is 17.7 Å². The van der Waals surface area contributed by atoms with Crippen LogP contribution in [0.3, 0.4) is 0 Å². The monoisotopic (exact) mass is 284 g/mol. The Balaban J connectivity index is 2.21. The van der Waals surface area contributed by atoms with Gasteiger partial charge in [-0.1, -0.05) is 66.7 Å². The number of hydrogen-bond acceptors (Lipinski definition) is 1. The smallest absolute Gasteiger partial charge is 0.163 e. The summed E-state index contributed by atoms with van der Waals surface area (Å²) < 4.78 is 0. The molecule has 1 nitrogen and oxygen atoms in total. The zero-order valence-electron chi connectivity index (χ0n) is 11.2. The Bertz CT molecular complexity index is 562. The number of ketones is 1. The number of halogens is 1. The maximum atomic E-state index is 12.4. The first-order chi connectivity index (χ1) is 9.72. The molecule has 0 fully saturated rings. The van der Waals surface area contributed by atoms with Crippen molar-refractivity contribution >= 4 is 17.4 Å². The van der Waals surface area contributed by atoms with E-state index in [2.05, 4.69) is 6.58 Å². The maximum Gasteiger partial charge on any atom is 0.163 e. The van der Waals surface area contributed by atoms with E-state index in [4.69, 9.17) is 11.6 Å². The van der Waals surface area contributed by atoms with Gasteiger partial charge in [-0.15, -0.1) is 18.2 Å². The van der Waals surface area contributed by atoms with Gasteiger partial charge in [0.05, 0.1) is 5.38 Å². The topological polar surface area (TPSA) is 17.1 Å². The summed E-state index contributed by atoms with van der Waals surface area (Å²) >= 11 is 6.33. The Morgan fingerprint density at radius 3 is 2.15 bits per heavy atom. The number of hydrogen-bond donors (Lipinski definition) is 0. The van der Waals surface area contributed by atoms with Crippen LogP contribution in [0.2, 0.25) is 0 Å². The van der Waals surface area contributed by atoms with E-state index in [9.17, 15) is 4.79 Å². The van der Waals surface area contributed by atoms with Crippen LogP contribution >= 0.6 is 11.6 Å². The molecule has 0 aliphatic carbocycles. The third-order valence-corrected chi connectivity index (χ3v) is 3.82. The number of rotatable bonds is 6. The van der Waals surface area contributed by atoms with Crippen molar-refractivity contribution in [1.82, 2.24) is 0 Å². The summed E-state index contributed by atoms with van der Waals surface area (Å²) in [6, 6.07) is 19.2. The van der Waals surface area contributed by atoms with Crippen LogP contribution < -0.4 is 0 Å². The average molecular weight is 285 g/mol. The first-order valence-corrected chi connectivity index (χ1v) is 7.06. The molecular weight excluding hydrogens is 268 g/mol. The highest BCUT2D eigenvalue weighted by atomic mass is 35.5. The molecule has 0 aliphatic heterocycles. The minimum absolute atomic E-state index is 0.0527. The highest BCUT2D eigenvalue weighted by Crippen LogP contribution is 2.29. The van der Waals surface area contributed by atoms with Crippen LogP contribution in [0.4, 0.5) is 0 Å². The largest absolute Gasteiger partial charge is 0.294 e. The molecule has 0 amide bonds. The molecule has 0 radical (unpaired) electrons. The van der Waals surface area contributed by atoms with E-state index < -0.39 is 0 Å². The van der Waals surface area contributed by atoms with Gasteiger partial charge < -0.3 is 0 Å². The second-order valence-corrected chi connectivity index (χ2v) is 5.19. The Morgan fingerprint density at radius 2 is 1.60 bits per heavy atom. The molecule has 0 saturated heterocycles. The molecule has 0 heterocycles. The normalized spacial score (nSPS) is 13.4. The molecule has 2 atom stereocenters. The molecule has 0 aromatic heterocycles. The van der Waals surface area contributed by atoms with Gasteiger partial charge in [0.1, 0.15) is 0 Å². The van der Waals surface area contributed by atoms with Crippen molar-refractivity contribution in [3.8, 4) is 0 Å². The van der Waals surface area contributed by atoms with Crippen LogP contribution in [0.1, 0.15) is 28.3 Å². The van der Waals surface area contributed by atoms with E-state index in [1.807, 2.05) is 60.7 Å². The van der Waals surface area contributed by atoms with Crippen molar-refractivity contribution in [2.75, 3.05) is 0 Å². The summed E-state index contributed by atoms with van der Waals surface area (Å²) in [7, 11) is 0. The predicted octanol–water partition coefficient (Wildman–Crippen LogP) is 4.84. The molecule has 2 aromatic carbocycles. The molecule has 0 N–H and O–H groups in total. The lowest BCUT2D eigenvalue weighted by Gasteiger charge is -2.19. The van der Waals surface area contributed by atoms with Crippen molar-refractivity contribution in [3.05, 3.63) is 84.4 Å². The molecule has 0 bridgehead atoms. The van der Waals surface area contributed by atoms with E-state index in [0.717, 1.165) is 11.1 Å². The predicted molar refractivity (Wildman–Crippen MR) is 84.4 cm³/mol. The lowest BCUT2D eigenvalue weighted by molar-refractivity contribution is 0.0974. The summed E-state index contributed by atoms with van der Waals surface area (Å²) in [6.07, 6.45) is 2.08. The molecule has 20 heavy (non-hydrogen) atoms. The number of benzene rings is 2. The van der Waals surface area contributed by atoms with Crippen LogP contribution in [0.15, 0.2) is 73.3 Å². The molecule has 0 aliphatic rings. The molecule has 0 spiro atoms. The van der Waals surface area contributed by atoms with Crippen LogP contribution in [0.5, 0.6) is 0 Å². The Morgan fingerprint density at radius 1 is 1.05 bits per heavy atom. The van der Waals surface area contributed by atoms with Gasteiger partial charge in [0.15, 0.2) is 5.78 Å². The van der Waals surface area contributed by atoms with E-state index in [-0.39, 0.29) is 17.1 Å². The van der Waals surface area contributed by atoms with Crippen molar-refractivity contribution in [3.63, 3.8) is 0 Å². The minimum Gasteiger partial charge on any atom is -0.294 e. The highest BCUT2D eigenvalue weighted by molar-refractivity contribution is 6.22. The minimum atomic E-state index is -0.259. The second kappa shape index (κ2) is 7.06. The summed E-state index contributed by atoms with van der Waals surface area (Å²) in [5.41, 5.74) is 1.79. The van der Waals surface area contributed by atoms with Gasteiger partial charge in [0.25, 0.3) is 0 Å². The molecule has 2 aromatic rings. The molecule has 102 valence electrons. The third kappa shape index (κ3) is 3.58. The van der Waals surface area contributed by atoms with Crippen LogP contribution in [0.25, 0.3) is 0 Å². The van der Waals surface area contributed by atoms with E-state index >= 15 is 0 Å². The first kappa shape index (κ1) is 14.5. The van der Waals surface area contributed by atoms with Gasteiger partial charge in [-0.25, -0.2) is 0 Å². The Hall–Kier alpha value is -1.86. The van der Waals surface area contributed by atoms with Crippen molar-refractivity contribution < 1.29 is 4.79 Å². The fraction of sp³-hybridized carbons (Fsp3) is 0.167. The van der Waals surface area contributed by atoms with Gasteiger partial charge in [0.2, 0.25) is 0 Å². The fourth-order valence-corrected chi connectivity index (χ4v) is 2.45. The SMILES string of the molecule is C=CC(Cl)C(CC(=O)c1ccccc1)c1ccccc1. The lowest BCUT2D eigenvalue weighted by Crippen LogP contribution is -2.15. The number of carbonyl (C=O) groups excluding carboxylic acids is 1. The van der Waals surface area contributed by atoms with E-state index in [0.29, 0.717) is 6.42 Å². The summed E-state index contributed by atoms with van der Waals surface area (Å²) in [6.45, 7) is 3.74. The number of carbonyl (C=O) groups is 1. The number of Topliss-reactive ketones (excluding diaryl/α,β-unsaturated/α-hetero) is 1. The molecule has 0 saturated carbocycles. The van der Waals surface area contributed by atoms with Crippen LogP contribution in [-0.2, 0) is 0 Å². The summed E-state index contributed by atoms with van der Waals surface area (Å²) in [5, 5.41) is -0.259. The zero-order chi connectivity index (χ0) is 14.4. The lowest BCUT2D eigenvalue weighted by atomic mass is 9.88. The molecule has 2 rings (SSSR count). The van der Waals surface area contributed by atoms with E-state index in [1.54, 1.807) is 6.08 Å². The Labute approximate surface area is 124 Å². The van der Waals surface area contributed by atoms with E-state index in [1.165, 1.54) is 0 Å². The molecule has 2 heteroatoms. The maximum absolute atomic E-state index is 12.4. The van der Waals surface area contributed by atoms with Gasteiger partial charge >= 0.3 is 0 Å². The standard InChI is InChI=1S/C18H17ClO/c1-2-17(19)16(14-9-5-3-6-10-14)13-18(20)15-11-7-4-8-12-15/h2-12,16-17H,1,13H2. The van der Waals surface area contributed by atoms with Gasteiger partial charge in [-0.3, -0.25) is 4.79 Å². The quantitative estimate of drug-likeness (QED) is 0.421. The number of alkyl halides is 1. The number of allylic oxidation sites excluding steroid dienone is 1. The zero-order valence-corrected chi connectivity index (χ0v) is 12.0. The third-order valence-electron chi connectivity index (χ3n) is 3.34. The van der Waals surface area contributed by atoms with Crippen LogP contribution in [0, 0.1) is 0 Å². The fourth-order valence-electron chi connectivity index (χ4n) is 2.22. The van der Waals surface area contributed by atoms with Gasteiger partial charge in [0, 0.05) is 17.9 Å². The summed E-state index contributed by atoms with van der Waals surface area (Å²) in [4.78, 5) is 12.4. The van der Waals surface area contributed by atoms with Crippen molar-refractivity contribution in [2.24, 2.45) is 0 Å². The summed E-state index contributed by atoms with van der Waals surface area (Å²) in [5.74, 6) is 0.0509. The highest BCUT2D eigenvalue weighted by Gasteiger charge is 2.22. The second-order valence-electron chi connectivity index (χ2n) is 4.69. The van der Waals surface area contributed by atoms with Gasteiger partial charge in [-0.05, 0) is 5.56 Å². The molecule has 2 unspecified atom stereocenters. The van der Waals surface area contributed by atoms with Crippen molar-refractivity contribution in [1.29, 1.82) is 0 Å². The Kier molecular flexibility index (Phi) is 5.14.